The summed E-state index contributed by atoms with van der Waals surface area (Å²) in [6.45, 7) is 1.85. The first-order valence-corrected chi connectivity index (χ1v) is 6.64. The molecule has 3 nitrogen and oxygen atoms in total. The number of hydrogen-bond donors (Lipinski definition) is 1. The van der Waals surface area contributed by atoms with Gasteiger partial charge in [-0.3, -0.25) is 0 Å². The van der Waals surface area contributed by atoms with Crippen molar-refractivity contribution in [3.05, 3.63) is 29.8 Å². The van der Waals surface area contributed by atoms with Crippen LogP contribution in [0.15, 0.2) is 24.3 Å². The van der Waals surface area contributed by atoms with Crippen LogP contribution in [0.5, 0.6) is 0 Å². The van der Waals surface area contributed by atoms with Crippen molar-refractivity contribution < 1.29 is 9.68 Å². The minimum atomic E-state index is -0.736. The Kier molecular flexibility index (Phi) is 3.19. The summed E-state index contributed by atoms with van der Waals surface area (Å²) in [5, 5.41) is 11.3. The maximum atomic E-state index is 10.1. The van der Waals surface area contributed by atoms with E-state index < -0.39 is 5.72 Å². The van der Waals surface area contributed by atoms with Gasteiger partial charge in [0.25, 0.3) is 5.72 Å². The van der Waals surface area contributed by atoms with Crippen LogP contribution < -0.4 is 4.90 Å². The van der Waals surface area contributed by atoms with Crippen LogP contribution in [-0.2, 0) is 0 Å². The first-order chi connectivity index (χ1) is 7.92. The molecule has 0 spiro atoms. The fourth-order valence-electron chi connectivity index (χ4n) is 1.80. The van der Waals surface area contributed by atoms with Crippen molar-refractivity contribution in [1.82, 2.24) is 0 Å². The minimum absolute atomic E-state index is 0.717. The zero-order valence-electron chi connectivity index (χ0n) is 10.8. The number of hydrogen-bond acceptors (Lipinski definition) is 3. The predicted octanol–water partition coefficient (Wildman–Crippen LogP) is 1.60. The number of rotatable bonds is 2. The van der Waals surface area contributed by atoms with Crippen molar-refractivity contribution in [2.45, 2.75) is 12.6 Å². The van der Waals surface area contributed by atoms with E-state index in [-0.39, 0.29) is 0 Å². The van der Waals surface area contributed by atoms with Crippen molar-refractivity contribution in [3.63, 3.8) is 0 Å². The van der Waals surface area contributed by atoms with Gasteiger partial charge in [0.05, 0.1) is 11.3 Å². The van der Waals surface area contributed by atoms with E-state index in [2.05, 4.69) is 29.2 Å². The van der Waals surface area contributed by atoms with Gasteiger partial charge >= 0.3 is 0 Å². The zero-order valence-corrected chi connectivity index (χ0v) is 11.6. The van der Waals surface area contributed by atoms with E-state index in [4.69, 9.17) is 0 Å². The highest BCUT2D eigenvalue weighted by Gasteiger charge is 2.41. The summed E-state index contributed by atoms with van der Waals surface area (Å²) in [4.78, 5) is 2.08. The number of aliphatic hydroxyl groups is 1. The number of nitrogens with zero attached hydrogens (tertiary/aromatic N) is 2. The van der Waals surface area contributed by atoms with Crippen LogP contribution in [0, 0.1) is 0 Å². The zero-order chi connectivity index (χ0) is 12.6. The Hall–Kier alpha value is -1.00. The fourth-order valence-corrected chi connectivity index (χ4v) is 3.09. The van der Waals surface area contributed by atoms with Gasteiger partial charge in [-0.25, -0.2) is 0 Å². The van der Waals surface area contributed by atoms with Crippen LogP contribution >= 0.6 is 11.8 Å². The van der Waals surface area contributed by atoms with E-state index >= 15 is 0 Å². The smallest absolute Gasteiger partial charge is 0.272 e. The van der Waals surface area contributed by atoms with Crippen molar-refractivity contribution in [3.8, 4) is 0 Å². The lowest BCUT2D eigenvalue weighted by Gasteiger charge is -2.12. The molecule has 0 amide bonds. The van der Waals surface area contributed by atoms with Gasteiger partial charge in [-0.15, -0.1) is 0 Å². The molecule has 1 aliphatic heterocycles. The Morgan fingerprint density at radius 3 is 2.29 bits per heavy atom. The van der Waals surface area contributed by atoms with Crippen LogP contribution in [0.3, 0.4) is 0 Å². The standard InChI is InChI=1S/C13H19N2OS/c1-13(16)9-17-12(15(13)4)10-5-7-11(8-6-10)14(2)3/h5-8,16H,9H2,1-4H3/q+1. The van der Waals surface area contributed by atoms with Crippen LogP contribution in [0.25, 0.3) is 0 Å². The molecule has 2 rings (SSSR count). The first-order valence-electron chi connectivity index (χ1n) is 5.65. The molecule has 1 atom stereocenters. The minimum Gasteiger partial charge on any atom is -0.378 e. The Labute approximate surface area is 107 Å². The fraction of sp³-hybridized carbons (Fsp3) is 0.462. The van der Waals surface area contributed by atoms with Crippen molar-refractivity contribution in [2.75, 3.05) is 31.8 Å². The van der Waals surface area contributed by atoms with E-state index in [0.29, 0.717) is 5.75 Å². The van der Waals surface area contributed by atoms with Gasteiger partial charge in [0.15, 0.2) is 0 Å². The quantitative estimate of drug-likeness (QED) is 0.809. The van der Waals surface area contributed by atoms with Gasteiger partial charge in [0, 0.05) is 26.7 Å². The maximum absolute atomic E-state index is 10.1. The molecule has 0 fully saturated rings. The summed E-state index contributed by atoms with van der Waals surface area (Å²) in [6.07, 6.45) is 0. The third-order valence-corrected chi connectivity index (χ3v) is 4.61. The van der Waals surface area contributed by atoms with Crippen LogP contribution in [-0.4, -0.2) is 47.3 Å². The summed E-state index contributed by atoms with van der Waals surface area (Å²) in [7, 11) is 6.00. The van der Waals surface area contributed by atoms with Crippen LogP contribution in [0.4, 0.5) is 5.69 Å². The molecule has 4 heteroatoms. The molecule has 0 bridgehead atoms. The molecule has 1 aromatic rings. The molecule has 1 aliphatic rings. The molecule has 0 saturated heterocycles. The van der Waals surface area contributed by atoms with Gasteiger partial charge in [-0.1, -0.05) is 0 Å². The molecule has 92 valence electrons. The van der Waals surface area contributed by atoms with E-state index in [9.17, 15) is 5.11 Å². The summed E-state index contributed by atoms with van der Waals surface area (Å²) in [5.41, 5.74) is 1.62. The van der Waals surface area contributed by atoms with Gasteiger partial charge in [0.1, 0.15) is 7.05 Å². The van der Waals surface area contributed by atoms with E-state index in [1.807, 2.05) is 32.6 Å². The third kappa shape index (κ3) is 2.33. The second-order valence-electron chi connectivity index (χ2n) is 4.81. The average Bonchev–Trinajstić information content (AvgIpc) is 2.55. The van der Waals surface area contributed by atoms with Crippen molar-refractivity contribution in [2.24, 2.45) is 0 Å². The molecular formula is C13H19N2OS+. The van der Waals surface area contributed by atoms with Gasteiger partial charge in [-0.2, -0.15) is 4.58 Å². The molecule has 0 aromatic heterocycles. The van der Waals surface area contributed by atoms with E-state index in [1.54, 1.807) is 11.8 Å². The van der Waals surface area contributed by atoms with Gasteiger partial charge in [0.2, 0.25) is 5.04 Å². The highest BCUT2D eigenvalue weighted by atomic mass is 32.2. The lowest BCUT2D eigenvalue weighted by atomic mass is 10.2. The molecule has 1 heterocycles. The van der Waals surface area contributed by atoms with Crippen LogP contribution in [0.2, 0.25) is 0 Å². The summed E-state index contributed by atoms with van der Waals surface area (Å²) in [6, 6.07) is 8.42. The van der Waals surface area contributed by atoms with Gasteiger partial charge in [-0.05, 0) is 36.0 Å². The first kappa shape index (κ1) is 12.5. The predicted molar refractivity (Wildman–Crippen MR) is 74.1 cm³/mol. The highest BCUT2D eigenvalue weighted by molar-refractivity contribution is 8.14. The molecule has 1 N–H and O–H groups in total. The normalized spacial score (nSPS) is 24.3. The molecule has 1 aromatic carbocycles. The molecule has 0 saturated carbocycles. The highest BCUT2D eigenvalue weighted by Crippen LogP contribution is 2.28. The number of benzene rings is 1. The largest absolute Gasteiger partial charge is 0.378 e. The lowest BCUT2D eigenvalue weighted by Crippen LogP contribution is -2.36. The SMILES string of the molecule is CN(C)c1ccc(C2=[N+](C)C(C)(O)CS2)cc1. The summed E-state index contributed by atoms with van der Waals surface area (Å²) >= 11 is 1.70. The molecule has 0 radical (unpaired) electrons. The monoisotopic (exact) mass is 251 g/mol. The summed E-state index contributed by atoms with van der Waals surface area (Å²) in [5.74, 6) is 0.717. The Morgan fingerprint density at radius 1 is 1.29 bits per heavy atom. The topological polar surface area (TPSA) is 26.5 Å². The van der Waals surface area contributed by atoms with E-state index in [0.717, 1.165) is 5.04 Å². The second kappa shape index (κ2) is 4.35. The summed E-state index contributed by atoms with van der Waals surface area (Å²) < 4.78 is 1.95. The lowest BCUT2D eigenvalue weighted by molar-refractivity contribution is -0.618. The van der Waals surface area contributed by atoms with E-state index in [1.165, 1.54) is 11.3 Å². The van der Waals surface area contributed by atoms with Gasteiger partial charge < -0.3 is 10.0 Å². The van der Waals surface area contributed by atoms with Crippen molar-refractivity contribution >= 4 is 22.5 Å². The third-order valence-electron chi connectivity index (χ3n) is 3.14. The maximum Gasteiger partial charge on any atom is 0.272 e. The number of anilines is 1. The molecule has 17 heavy (non-hydrogen) atoms. The molecular weight excluding hydrogens is 232 g/mol. The average molecular weight is 251 g/mol. The second-order valence-corrected chi connectivity index (χ2v) is 5.78. The molecule has 1 unspecified atom stereocenters. The number of thioether (sulfide) groups is 1. The molecule has 0 aliphatic carbocycles. The Morgan fingerprint density at radius 2 is 1.88 bits per heavy atom. The Bertz CT molecular complexity index is 449. The van der Waals surface area contributed by atoms with Crippen molar-refractivity contribution in [1.29, 1.82) is 0 Å². The Balaban J connectivity index is 2.33. The van der Waals surface area contributed by atoms with Crippen LogP contribution in [0.1, 0.15) is 12.5 Å².